The summed E-state index contributed by atoms with van der Waals surface area (Å²) in [6, 6.07) is 7.97. The molecule has 7 heteroatoms. The van der Waals surface area contributed by atoms with Gasteiger partial charge < -0.3 is 15.1 Å². The van der Waals surface area contributed by atoms with Crippen molar-refractivity contribution in [3.8, 4) is 0 Å². The highest BCUT2D eigenvalue weighted by molar-refractivity contribution is 5.93. The lowest BCUT2D eigenvalue weighted by Gasteiger charge is -2.39. The second-order valence-electron chi connectivity index (χ2n) is 11.0. The van der Waals surface area contributed by atoms with Gasteiger partial charge in [-0.05, 0) is 56.2 Å². The maximum absolute atomic E-state index is 13.3. The lowest BCUT2D eigenvalue weighted by molar-refractivity contribution is 0.0729. The molecule has 1 aromatic carbocycles. The summed E-state index contributed by atoms with van der Waals surface area (Å²) in [4.78, 5) is 30.0. The first-order valence-electron chi connectivity index (χ1n) is 11.9. The maximum atomic E-state index is 13.3. The van der Waals surface area contributed by atoms with Gasteiger partial charge in [0, 0.05) is 44.3 Å². The van der Waals surface area contributed by atoms with Crippen molar-refractivity contribution in [3.63, 3.8) is 0 Å². The Hall–Kier alpha value is -2.83. The van der Waals surface area contributed by atoms with E-state index < -0.39 is 0 Å². The monoisotopic (exact) mass is 451 g/mol. The van der Waals surface area contributed by atoms with Crippen LogP contribution in [0.25, 0.3) is 0 Å². The Morgan fingerprint density at radius 2 is 1.64 bits per heavy atom. The number of nitrogens with zero attached hydrogens (tertiary/aromatic N) is 4. The van der Waals surface area contributed by atoms with E-state index in [0.717, 1.165) is 62.4 Å². The molecule has 0 atom stereocenters. The number of aromatic nitrogens is 2. The SMILES string of the molecule is Cc1ccc(NC(=O)N2CCC3(CC2)CCN(C(=O)c2cc(C(C)(C)C)nn2C)C3)c(C)c1. The molecule has 7 nitrogen and oxygen atoms in total. The van der Waals surface area contributed by atoms with E-state index in [9.17, 15) is 9.59 Å². The van der Waals surface area contributed by atoms with Crippen molar-refractivity contribution in [1.29, 1.82) is 0 Å². The van der Waals surface area contributed by atoms with Crippen LogP contribution in [0.1, 0.15) is 67.3 Å². The van der Waals surface area contributed by atoms with E-state index in [1.54, 1.807) is 4.68 Å². The molecule has 2 fully saturated rings. The van der Waals surface area contributed by atoms with Crippen LogP contribution >= 0.6 is 0 Å². The van der Waals surface area contributed by atoms with Crippen molar-refractivity contribution in [3.05, 3.63) is 46.8 Å². The highest BCUT2D eigenvalue weighted by atomic mass is 16.2. The molecule has 0 radical (unpaired) electrons. The summed E-state index contributed by atoms with van der Waals surface area (Å²) in [5, 5.41) is 7.64. The third kappa shape index (κ3) is 4.77. The van der Waals surface area contributed by atoms with Crippen LogP contribution in [0.15, 0.2) is 24.3 Å². The van der Waals surface area contributed by atoms with Crippen molar-refractivity contribution >= 4 is 17.6 Å². The predicted molar refractivity (Wildman–Crippen MR) is 131 cm³/mol. The van der Waals surface area contributed by atoms with Crippen LogP contribution in [0.4, 0.5) is 10.5 Å². The minimum absolute atomic E-state index is 0.0349. The number of nitrogens with one attached hydrogen (secondary N) is 1. The van der Waals surface area contributed by atoms with Gasteiger partial charge in [-0.3, -0.25) is 9.48 Å². The van der Waals surface area contributed by atoms with Crippen LogP contribution in [-0.2, 0) is 12.5 Å². The third-order valence-electron chi connectivity index (χ3n) is 7.33. The zero-order chi connectivity index (χ0) is 24.0. The molecule has 0 aliphatic carbocycles. The number of likely N-dealkylation sites (tertiary alicyclic amines) is 2. The zero-order valence-corrected chi connectivity index (χ0v) is 20.9. The van der Waals surface area contributed by atoms with Crippen LogP contribution in [0.3, 0.4) is 0 Å². The Morgan fingerprint density at radius 3 is 2.21 bits per heavy atom. The molecule has 4 rings (SSSR count). The van der Waals surface area contributed by atoms with Gasteiger partial charge in [-0.2, -0.15) is 5.10 Å². The molecule has 0 unspecified atom stereocenters. The van der Waals surface area contributed by atoms with E-state index in [-0.39, 0.29) is 22.8 Å². The fraction of sp³-hybridized carbons (Fsp3) is 0.577. The van der Waals surface area contributed by atoms with Gasteiger partial charge in [0.25, 0.3) is 5.91 Å². The van der Waals surface area contributed by atoms with Gasteiger partial charge in [0.1, 0.15) is 5.69 Å². The van der Waals surface area contributed by atoms with Crippen molar-refractivity contribution in [1.82, 2.24) is 19.6 Å². The summed E-state index contributed by atoms with van der Waals surface area (Å²) in [5.74, 6) is 0.0624. The topological polar surface area (TPSA) is 70.5 Å². The van der Waals surface area contributed by atoms with Crippen molar-refractivity contribution in [2.24, 2.45) is 12.5 Å². The molecule has 2 aliphatic rings. The molecule has 1 spiro atoms. The number of benzene rings is 1. The fourth-order valence-corrected chi connectivity index (χ4v) is 5.04. The Bertz CT molecular complexity index is 1060. The minimum Gasteiger partial charge on any atom is -0.337 e. The molecular weight excluding hydrogens is 414 g/mol. The van der Waals surface area contributed by atoms with Crippen molar-refractivity contribution in [2.75, 3.05) is 31.5 Å². The average molecular weight is 452 g/mol. The highest BCUT2D eigenvalue weighted by Gasteiger charge is 2.43. The van der Waals surface area contributed by atoms with Gasteiger partial charge in [0.15, 0.2) is 0 Å². The predicted octanol–water partition coefficient (Wildman–Crippen LogP) is 4.49. The molecule has 2 aliphatic heterocycles. The molecule has 3 amide bonds. The Labute approximate surface area is 197 Å². The summed E-state index contributed by atoms with van der Waals surface area (Å²) in [5.41, 5.74) is 4.74. The lowest BCUT2D eigenvalue weighted by atomic mass is 9.78. The van der Waals surface area contributed by atoms with Crippen molar-refractivity contribution in [2.45, 2.75) is 59.3 Å². The zero-order valence-electron chi connectivity index (χ0n) is 20.9. The van der Waals surface area contributed by atoms with Gasteiger partial charge in [0.2, 0.25) is 0 Å². The standard InChI is InChI=1S/C26H37N5O2/c1-18-7-8-20(19(2)15-18)27-24(33)30-12-9-26(10-13-30)11-14-31(17-26)23(32)21-16-22(25(3,4)5)28-29(21)6/h7-8,15-16H,9-14,17H2,1-6H3,(H,27,33). The first kappa shape index (κ1) is 23.3. The number of piperidine rings is 1. The first-order valence-corrected chi connectivity index (χ1v) is 11.9. The Kier molecular flexibility index (Phi) is 6.01. The summed E-state index contributed by atoms with van der Waals surface area (Å²) < 4.78 is 1.72. The molecule has 3 heterocycles. The van der Waals surface area contributed by atoms with Gasteiger partial charge in [0.05, 0.1) is 5.69 Å². The smallest absolute Gasteiger partial charge is 0.321 e. The number of urea groups is 1. The molecule has 33 heavy (non-hydrogen) atoms. The van der Waals surface area contributed by atoms with E-state index >= 15 is 0 Å². The normalized spacial score (nSPS) is 18.1. The summed E-state index contributed by atoms with van der Waals surface area (Å²) in [6.07, 6.45) is 2.85. The number of carbonyl (C=O) groups excluding carboxylic acids is 2. The Balaban J connectivity index is 1.35. The number of anilines is 1. The van der Waals surface area contributed by atoms with Crippen LogP contribution in [0.5, 0.6) is 0 Å². The first-order chi connectivity index (χ1) is 15.5. The van der Waals surface area contributed by atoms with Crippen LogP contribution in [0, 0.1) is 19.3 Å². The molecule has 1 aromatic heterocycles. The number of hydrogen-bond donors (Lipinski definition) is 1. The van der Waals surface area contributed by atoms with E-state index in [1.165, 1.54) is 5.56 Å². The Morgan fingerprint density at radius 1 is 1.00 bits per heavy atom. The molecule has 0 saturated carbocycles. The molecule has 2 aromatic rings. The van der Waals surface area contributed by atoms with Crippen molar-refractivity contribution < 1.29 is 9.59 Å². The van der Waals surface area contributed by atoms with Gasteiger partial charge in [-0.1, -0.05) is 38.5 Å². The van der Waals surface area contributed by atoms with E-state index in [4.69, 9.17) is 0 Å². The molecule has 178 valence electrons. The quantitative estimate of drug-likeness (QED) is 0.731. The third-order valence-corrected chi connectivity index (χ3v) is 7.33. The van der Waals surface area contributed by atoms with Crippen LogP contribution in [0.2, 0.25) is 0 Å². The van der Waals surface area contributed by atoms with E-state index in [2.05, 4.69) is 44.2 Å². The summed E-state index contributed by atoms with van der Waals surface area (Å²) in [7, 11) is 1.85. The molecule has 0 bridgehead atoms. The number of amides is 3. The second kappa shape index (κ2) is 8.50. The highest BCUT2D eigenvalue weighted by Crippen LogP contribution is 2.41. The fourth-order valence-electron chi connectivity index (χ4n) is 5.04. The van der Waals surface area contributed by atoms with E-state index in [0.29, 0.717) is 5.69 Å². The average Bonchev–Trinajstić information content (AvgIpc) is 3.34. The van der Waals surface area contributed by atoms with Gasteiger partial charge in [-0.15, -0.1) is 0 Å². The lowest BCUT2D eigenvalue weighted by Crippen LogP contribution is -2.46. The maximum Gasteiger partial charge on any atom is 0.321 e. The molecule has 2 saturated heterocycles. The van der Waals surface area contributed by atoms with Gasteiger partial charge in [-0.25, -0.2) is 4.79 Å². The summed E-state index contributed by atoms with van der Waals surface area (Å²) >= 11 is 0. The van der Waals surface area contributed by atoms with Gasteiger partial charge >= 0.3 is 6.03 Å². The largest absolute Gasteiger partial charge is 0.337 e. The summed E-state index contributed by atoms with van der Waals surface area (Å²) in [6.45, 7) is 13.4. The van der Waals surface area contributed by atoms with Crippen LogP contribution < -0.4 is 5.32 Å². The second-order valence-corrected chi connectivity index (χ2v) is 11.0. The molecule has 1 N–H and O–H groups in total. The van der Waals surface area contributed by atoms with E-state index in [1.807, 2.05) is 42.0 Å². The number of rotatable bonds is 2. The number of hydrogen-bond acceptors (Lipinski definition) is 3. The number of carbonyl (C=O) groups is 2. The number of aryl methyl sites for hydroxylation is 3. The van der Waals surface area contributed by atoms with Crippen LogP contribution in [-0.4, -0.2) is 57.7 Å². The molecular formula is C26H37N5O2. The minimum atomic E-state index is -0.0902.